The Balaban J connectivity index is 2.96. The van der Waals surface area contributed by atoms with Crippen molar-refractivity contribution >= 4 is 5.78 Å². The van der Waals surface area contributed by atoms with Gasteiger partial charge in [0.15, 0.2) is 5.78 Å². The Hall–Kier alpha value is -1.16. The van der Waals surface area contributed by atoms with Crippen molar-refractivity contribution in [3.63, 3.8) is 0 Å². The monoisotopic (exact) mass is 195 g/mol. The van der Waals surface area contributed by atoms with E-state index in [9.17, 15) is 4.79 Å². The molecule has 4 heteroatoms. The maximum Gasteiger partial charge on any atom is 0.194 e. The number of hydrogen-bond donors (Lipinski definition) is 1. The Morgan fingerprint density at radius 1 is 1.64 bits per heavy atom. The Kier molecular flexibility index (Phi) is 3.41. The summed E-state index contributed by atoms with van der Waals surface area (Å²) in [5.41, 5.74) is 6.81. The van der Waals surface area contributed by atoms with Crippen molar-refractivity contribution in [3.8, 4) is 0 Å². The Morgan fingerprint density at radius 3 is 2.79 bits per heavy atom. The molecule has 0 aliphatic heterocycles. The molecule has 0 amide bonds. The van der Waals surface area contributed by atoms with Gasteiger partial charge in [0.25, 0.3) is 0 Å². The van der Waals surface area contributed by atoms with Crippen LogP contribution in [-0.2, 0) is 6.54 Å². The molecule has 0 unspecified atom stereocenters. The van der Waals surface area contributed by atoms with Crippen LogP contribution in [0.5, 0.6) is 0 Å². The minimum absolute atomic E-state index is 0.0449. The minimum Gasteiger partial charge on any atom is -0.324 e. The van der Waals surface area contributed by atoms with Crippen molar-refractivity contribution in [2.24, 2.45) is 11.7 Å². The topological polar surface area (TPSA) is 60.9 Å². The molecule has 0 radical (unpaired) electrons. The molecular weight excluding hydrogens is 178 g/mol. The van der Waals surface area contributed by atoms with Crippen LogP contribution in [0.2, 0.25) is 0 Å². The Morgan fingerprint density at radius 2 is 2.29 bits per heavy atom. The van der Waals surface area contributed by atoms with Gasteiger partial charge >= 0.3 is 0 Å². The van der Waals surface area contributed by atoms with Crippen molar-refractivity contribution in [3.05, 3.63) is 17.5 Å². The van der Waals surface area contributed by atoms with Gasteiger partial charge < -0.3 is 5.73 Å². The van der Waals surface area contributed by atoms with Crippen LogP contribution in [0.15, 0.2) is 6.07 Å². The van der Waals surface area contributed by atoms with Gasteiger partial charge in [-0.15, -0.1) is 0 Å². The molecule has 0 aromatic carbocycles. The molecular formula is C10H17N3O. The van der Waals surface area contributed by atoms with Crippen LogP contribution in [0.4, 0.5) is 0 Å². The summed E-state index contributed by atoms with van der Waals surface area (Å²) in [5.74, 6) is 0.421. The molecule has 14 heavy (non-hydrogen) atoms. The first-order valence-corrected chi connectivity index (χ1v) is 4.82. The molecule has 2 N–H and O–H groups in total. The van der Waals surface area contributed by atoms with Crippen LogP contribution >= 0.6 is 0 Å². The highest BCUT2D eigenvalue weighted by Gasteiger charge is 2.12. The van der Waals surface area contributed by atoms with Crippen LogP contribution in [0.3, 0.4) is 0 Å². The molecule has 0 fully saturated rings. The Bertz CT molecular complexity index is 328. The van der Waals surface area contributed by atoms with E-state index in [0.717, 1.165) is 12.2 Å². The van der Waals surface area contributed by atoms with Gasteiger partial charge in [-0.3, -0.25) is 9.48 Å². The second-order valence-electron chi connectivity index (χ2n) is 3.87. The number of carbonyl (C=O) groups excluding carboxylic acids is 1. The zero-order chi connectivity index (χ0) is 10.7. The van der Waals surface area contributed by atoms with E-state index in [2.05, 4.69) is 18.9 Å². The first-order valence-electron chi connectivity index (χ1n) is 4.82. The van der Waals surface area contributed by atoms with Gasteiger partial charge in [-0.05, 0) is 18.9 Å². The highest BCUT2D eigenvalue weighted by atomic mass is 16.1. The van der Waals surface area contributed by atoms with Gasteiger partial charge in [-0.25, -0.2) is 0 Å². The van der Waals surface area contributed by atoms with E-state index in [0.29, 0.717) is 11.6 Å². The molecule has 1 aromatic heterocycles. The van der Waals surface area contributed by atoms with Crippen LogP contribution in [0.1, 0.15) is 30.0 Å². The fraction of sp³-hybridized carbons (Fsp3) is 0.600. The van der Waals surface area contributed by atoms with Gasteiger partial charge in [-0.2, -0.15) is 5.10 Å². The summed E-state index contributed by atoms with van der Waals surface area (Å²) in [7, 11) is 0. The van der Waals surface area contributed by atoms with Gasteiger partial charge in [-0.1, -0.05) is 13.8 Å². The van der Waals surface area contributed by atoms with Crippen LogP contribution in [0, 0.1) is 12.8 Å². The largest absolute Gasteiger partial charge is 0.324 e. The molecule has 0 aliphatic rings. The summed E-state index contributed by atoms with van der Waals surface area (Å²) in [6.07, 6.45) is 0. The lowest BCUT2D eigenvalue weighted by Gasteiger charge is -2.07. The number of aromatic nitrogens is 2. The average Bonchev–Trinajstić information content (AvgIpc) is 2.44. The fourth-order valence-electron chi connectivity index (χ4n) is 1.36. The predicted molar refractivity (Wildman–Crippen MR) is 55.2 cm³/mol. The minimum atomic E-state index is -0.0498. The van der Waals surface area contributed by atoms with Crippen LogP contribution in [0.25, 0.3) is 0 Å². The molecule has 0 spiro atoms. The van der Waals surface area contributed by atoms with Gasteiger partial charge in [0.05, 0.1) is 12.2 Å². The molecule has 78 valence electrons. The molecule has 0 saturated carbocycles. The molecule has 0 saturated heterocycles. The number of aryl methyl sites for hydroxylation is 1. The average molecular weight is 195 g/mol. The van der Waals surface area contributed by atoms with Crippen LogP contribution < -0.4 is 5.73 Å². The van der Waals surface area contributed by atoms with E-state index >= 15 is 0 Å². The third-order valence-corrected chi connectivity index (χ3v) is 1.91. The van der Waals surface area contributed by atoms with Crippen molar-refractivity contribution in [1.82, 2.24) is 9.78 Å². The first-order chi connectivity index (χ1) is 6.54. The Labute approximate surface area is 84.1 Å². The summed E-state index contributed by atoms with van der Waals surface area (Å²) in [4.78, 5) is 11.4. The number of hydrogen-bond acceptors (Lipinski definition) is 3. The molecule has 0 bridgehead atoms. The lowest BCUT2D eigenvalue weighted by molar-refractivity contribution is 0.0990. The molecule has 0 aliphatic carbocycles. The summed E-state index contributed by atoms with van der Waals surface area (Å²) in [5, 5.41) is 4.26. The number of nitrogens with two attached hydrogens (primary N) is 1. The highest BCUT2D eigenvalue weighted by Crippen LogP contribution is 2.07. The zero-order valence-electron chi connectivity index (χ0n) is 8.95. The highest BCUT2D eigenvalue weighted by molar-refractivity contribution is 5.96. The van der Waals surface area contributed by atoms with E-state index in [1.165, 1.54) is 0 Å². The van der Waals surface area contributed by atoms with Crippen LogP contribution in [-0.4, -0.2) is 22.1 Å². The van der Waals surface area contributed by atoms with Gasteiger partial charge in [0, 0.05) is 6.54 Å². The zero-order valence-corrected chi connectivity index (χ0v) is 8.95. The second-order valence-corrected chi connectivity index (χ2v) is 3.87. The molecule has 1 rings (SSSR count). The maximum absolute atomic E-state index is 11.4. The summed E-state index contributed by atoms with van der Waals surface area (Å²) >= 11 is 0. The van der Waals surface area contributed by atoms with E-state index in [1.54, 1.807) is 10.7 Å². The fourth-order valence-corrected chi connectivity index (χ4v) is 1.36. The molecule has 0 atom stereocenters. The van der Waals surface area contributed by atoms with E-state index in [-0.39, 0.29) is 12.3 Å². The molecule has 1 aromatic rings. The smallest absolute Gasteiger partial charge is 0.194 e. The summed E-state index contributed by atoms with van der Waals surface area (Å²) < 4.78 is 1.75. The lowest BCUT2D eigenvalue weighted by Crippen LogP contribution is -2.19. The third-order valence-electron chi connectivity index (χ3n) is 1.91. The molecule has 1 heterocycles. The number of ketones is 1. The van der Waals surface area contributed by atoms with Crippen molar-refractivity contribution < 1.29 is 4.79 Å². The van der Waals surface area contributed by atoms with Crippen molar-refractivity contribution in [2.45, 2.75) is 27.3 Å². The lowest BCUT2D eigenvalue weighted by atomic mass is 10.2. The standard InChI is InChI=1S/C10H17N3O/c1-7(2)6-13-9(10(14)5-11)4-8(3)12-13/h4,7H,5-6,11H2,1-3H3. The molecule has 4 nitrogen and oxygen atoms in total. The summed E-state index contributed by atoms with van der Waals surface area (Å²) in [6, 6.07) is 1.79. The first kappa shape index (κ1) is 10.9. The van der Waals surface area contributed by atoms with E-state index in [4.69, 9.17) is 5.73 Å². The van der Waals surface area contributed by atoms with Crippen molar-refractivity contribution in [2.75, 3.05) is 6.54 Å². The maximum atomic E-state index is 11.4. The van der Waals surface area contributed by atoms with Gasteiger partial charge in [0.2, 0.25) is 0 Å². The number of nitrogens with zero attached hydrogens (tertiary/aromatic N) is 2. The second kappa shape index (κ2) is 4.37. The van der Waals surface area contributed by atoms with Crippen molar-refractivity contribution in [1.29, 1.82) is 0 Å². The number of Topliss-reactive ketones (excluding diaryl/α,β-unsaturated/α-hetero) is 1. The predicted octanol–water partition coefficient (Wildman–Crippen LogP) is 0.989. The normalized spacial score (nSPS) is 10.9. The van der Waals surface area contributed by atoms with Gasteiger partial charge in [0.1, 0.15) is 5.69 Å². The summed E-state index contributed by atoms with van der Waals surface area (Å²) in [6.45, 7) is 6.86. The third kappa shape index (κ3) is 2.42. The van der Waals surface area contributed by atoms with E-state index < -0.39 is 0 Å². The quantitative estimate of drug-likeness (QED) is 0.729. The van der Waals surface area contributed by atoms with E-state index in [1.807, 2.05) is 6.92 Å². The number of carbonyl (C=O) groups is 1. The number of rotatable bonds is 4. The SMILES string of the molecule is Cc1cc(C(=O)CN)n(CC(C)C)n1.